The summed E-state index contributed by atoms with van der Waals surface area (Å²) in [5, 5.41) is 2.64. The summed E-state index contributed by atoms with van der Waals surface area (Å²) >= 11 is 0. The third-order valence-electron chi connectivity index (χ3n) is 3.47. The zero-order chi connectivity index (χ0) is 18.4. The molecule has 2 rings (SSSR count). The van der Waals surface area contributed by atoms with Gasteiger partial charge in [-0.3, -0.25) is 4.79 Å². The number of nitrogens with one attached hydrogen (secondary N) is 1. The number of hydrogen-bond donors (Lipinski definition) is 1. The monoisotopic (exact) mass is 343 g/mol. The molecule has 0 aliphatic heterocycles. The van der Waals surface area contributed by atoms with Crippen molar-refractivity contribution in [1.82, 2.24) is 0 Å². The van der Waals surface area contributed by atoms with Crippen LogP contribution in [-0.2, 0) is 9.53 Å². The van der Waals surface area contributed by atoms with E-state index in [2.05, 4.69) is 5.32 Å². The molecule has 0 saturated carbocycles. The Labute approximate surface area is 146 Å². The molecule has 6 nitrogen and oxygen atoms in total. The number of rotatable bonds is 6. The minimum atomic E-state index is -0.542. The number of hydrogen-bond acceptors (Lipinski definition) is 5. The van der Waals surface area contributed by atoms with Crippen LogP contribution in [0.2, 0.25) is 0 Å². The molecule has 0 fully saturated rings. The average molecular weight is 343 g/mol. The second-order valence-corrected chi connectivity index (χ2v) is 5.57. The Kier molecular flexibility index (Phi) is 6.00. The second kappa shape index (κ2) is 8.19. The van der Waals surface area contributed by atoms with Crippen molar-refractivity contribution >= 4 is 17.6 Å². The lowest BCUT2D eigenvalue weighted by Gasteiger charge is -2.12. The molecule has 1 amide bonds. The molecule has 0 aliphatic rings. The molecular formula is C19H21NO5. The molecular weight excluding hydrogens is 322 g/mol. The maximum absolute atomic E-state index is 12.1. The quantitative estimate of drug-likeness (QED) is 0.816. The molecule has 6 heteroatoms. The van der Waals surface area contributed by atoms with E-state index in [1.165, 1.54) is 14.2 Å². The second-order valence-electron chi connectivity index (χ2n) is 5.57. The summed E-state index contributed by atoms with van der Waals surface area (Å²) in [5.41, 5.74) is 2.77. The van der Waals surface area contributed by atoms with Crippen LogP contribution in [0.4, 0.5) is 5.69 Å². The van der Waals surface area contributed by atoms with Crippen LogP contribution in [0.3, 0.4) is 0 Å². The van der Waals surface area contributed by atoms with Crippen molar-refractivity contribution in [2.24, 2.45) is 0 Å². The maximum atomic E-state index is 12.1. The van der Waals surface area contributed by atoms with Gasteiger partial charge in [0, 0.05) is 6.07 Å². The minimum Gasteiger partial charge on any atom is -0.497 e. The van der Waals surface area contributed by atoms with E-state index in [-0.39, 0.29) is 0 Å². The molecule has 0 aliphatic carbocycles. The summed E-state index contributed by atoms with van der Waals surface area (Å²) in [6.45, 7) is 3.39. The van der Waals surface area contributed by atoms with Gasteiger partial charge >= 0.3 is 5.97 Å². The Morgan fingerprint density at radius 1 is 0.960 bits per heavy atom. The lowest BCUT2D eigenvalue weighted by atomic mass is 10.1. The van der Waals surface area contributed by atoms with E-state index < -0.39 is 18.5 Å². The van der Waals surface area contributed by atoms with E-state index in [0.717, 1.165) is 11.1 Å². The van der Waals surface area contributed by atoms with Crippen molar-refractivity contribution in [3.05, 3.63) is 53.1 Å². The van der Waals surface area contributed by atoms with Crippen LogP contribution in [0, 0.1) is 13.8 Å². The Morgan fingerprint density at radius 3 is 2.24 bits per heavy atom. The molecule has 132 valence electrons. The van der Waals surface area contributed by atoms with Gasteiger partial charge in [0.05, 0.1) is 25.5 Å². The number of amides is 1. The molecule has 0 unspecified atom stereocenters. The number of ether oxygens (including phenoxy) is 3. The van der Waals surface area contributed by atoms with Crippen LogP contribution in [-0.4, -0.2) is 32.7 Å². The molecule has 0 aromatic heterocycles. The lowest BCUT2D eigenvalue weighted by molar-refractivity contribution is -0.119. The van der Waals surface area contributed by atoms with E-state index in [0.29, 0.717) is 22.7 Å². The van der Waals surface area contributed by atoms with E-state index in [4.69, 9.17) is 14.2 Å². The largest absolute Gasteiger partial charge is 0.497 e. The zero-order valence-electron chi connectivity index (χ0n) is 14.7. The smallest absolute Gasteiger partial charge is 0.338 e. The first kappa shape index (κ1) is 18.3. The zero-order valence-corrected chi connectivity index (χ0v) is 14.7. The summed E-state index contributed by atoms with van der Waals surface area (Å²) in [4.78, 5) is 24.1. The van der Waals surface area contributed by atoms with E-state index in [1.807, 2.05) is 19.9 Å². The fourth-order valence-corrected chi connectivity index (χ4v) is 2.40. The summed E-state index contributed by atoms with van der Waals surface area (Å²) < 4.78 is 15.4. The summed E-state index contributed by atoms with van der Waals surface area (Å²) in [7, 11) is 3.02. The predicted octanol–water partition coefficient (Wildman–Crippen LogP) is 3.12. The van der Waals surface area contributed by atoms with E-state index in [9.17, 15) is 9.59 Å². The van der Waals surface area contributed by atoms with E-state index >= 15 is 0 Å². The number of aryl methyl sites for hydroxylation is 2. The predicted molar refractivity (Wildman–Crippen MR) is 94.4 cm³/mol. The molecule has 0 atom stereocenters. The van der Waals surface area contributed by atoms with Crippen molar-refractivity contribution in [1.29, 1.82) is 0 Å². The van der Waals surface area contributed by atoms with Gasteiger partial charge in [-0.05, 0) is 38.1 Å². The summed E-state index contributed by atoms with van der Waals surface area (Å²) in [5.74, 6) is 0.0435. The minimum absolute atomic E-state index is 0.397. The standard InChI is InChI=1S/C19H21NO5/c1-12-7-13(2)9-14(8-12)19(22)25-11-18(21)20-16-10-15(23-3)5-6-17(16)24-4/h5-10H,11H2,1-4H3,(H,20,21). The fraction of sp³-hybridized carbons (Fsp3) is 0.263. The first-order valence-electron chi connectivity index (χ1n) is 7.70. The highest BCUT2D eigenvalue weighted by Gasteiger charge is 2.13. The van der Waals surface area contributed by atoms with Gasteiger partial charge in [0.15, 0.2) is 6.61 Å². The van der Waals surface area contributed by atoms with E-state index in [1.54, 1.807) is 30.3 Å². The SMILES string of the molecule is COc1ccc(OC)c(NC(=O)COC(=O)c2cc(C)cc(C)c2)c1. The number of anilines is 1. The van der Waals surface area contributed by atoms with Crippen LogP contribution in [0.25, 0.3) is 0 Å². The number of carbonyl (C=O) groups is 2. The van der Waals surface area contributed by atoms with Crippen molar-refractivity contribution in [2.75, 3.05) is 26.1 Å². The summed E-state index contributed by atoms with van der Waals surface area (Å²) in [6.07, 6.45) is 0. The van der Waals surface area contributed by atoms with Gasteiger partial charge in [0.1, 0.15) is 11.5 Å². The van der Waals surface area contributed by atoms with Gasteiger partial charge in [0.25, 0.3) is 5.91 Å². The van der Waals surface area contributed by atoms with Gasteiger partial charge < -0.3 is 19.5 Å². The number of carbonyl (C=O) groups excluding carboxylic acids is 2. The van der Waals surface area contributed by atoms with Crippen molar-refractivity contribution < 1.29 is 23.8 Å². The van der Waals surface area contributed by atoms with Gasteiger partial charge in [-0.2, -0.15) is 0 Å². The summed E-state index contributed by atoms with van der Waals surface area (Å²) in [6, 6.07) is 10.4. The third-order valence-corrected chi connectivity index (χ3v) is 3.47. The molecule has 0 spiro atoms. The van der Waals surface area contributed by atoms with Gasteiger partial charge in [-0.1, -0.05) is 17.2 Å². The molecule has 2 aromatic carbocycles. The average Bonchev–Trinajstić information content (AvgIpc) is 2.58. The molecule has 2 aromatic rings. The molecule has 1 N–H and O–H groups in total. The van der Waals surface area contributed by atoms with Gasteiger partial charge in [-0.25, -0.2) is 4.79 Å². The van der Waals surface area contributed by atoms with Gasteiger partial charge in [0.2, 0.25) is 0 Å². The fourth-order valence-electron chi connectivity index (χ4n) is 2.40. The topological polar surface area (TPSA) is 73.9 Å². The van der Waals surface area contributed by atoms with Crippen LogP contribution in [0.5, 0.6) is 11.5 Å². The van der Waals surface area contributed by atoms with Crippen LogP contribution in [0.1, 0.15) is 21.5 Å². The van der Waals surface area contributed by atoms with Crippen molar-refractivity contribution in [2.45, 2.75) is 13.8 Å². The van der Waals surface area contributed by atoms with Crippen LogP contribution >= 0.6 is 0 Å². The first-order valence-corrected chi connectivity index (χ1v) is 7.70. The third kappa shape index (κ3) is 4.97. The molecule has 0 bridgehead atoms. The van der Waals surface area contributed by atoms with Gasteiger partial charge in [-0.15, -0.1) is 0 Å². The highest BCUT2D eigenvalue weighted by Crippen LogP contribution is 2.28. The Bertz CT molecular complexity index is 765. The molecule has 25 heavy (non-hydrogen) atoms. The first-order chi connectivity index (χ1) is 11.9. The maximum Gasteiger partial charge on any atom is 0.338 e. The van der Waals surface area contributed by atoms with Crippen LogP contribution in [0.15, 0.2) is 36.4 Å². The Morgan fingerprint density at radius 2 is 1.64 bits per heavy atom. The number of esters is 1. The highest BCUT2D eigenvalue weighted by atomic mass is 16.5. The highest BCUT2D eigenvalue weighted by molar-refractivity contribution is 5.96. The lowest BCUT2D eigenvalue weighted by Crippen LogP contribution is -2.21. The number of methoxy groups -OCH3 is 2. The van der Waals surface area contributed by atoms with Crippen molar-refractivity contribution in [3.63, 3.8) is 0 Å². The van der Waals surface area contributed by atoms with Crippen LogP contribution < -0.4 is 14.8 Å². The Balaban J connectivity index is 2.00. The number of benzene rings is 2. The molecule has 0 saturated heterocycles. The Hall–Kier alpha value is -3.02. The van der Waals surface area contributed by atoms with Crippen molar-refractivity contribution in [3.8, 4) is 11.5 Å². The molecule has 0 radical (unpaired) electrons. The normalized spacial score (nSPS) is 10.1. The molecule has 0 heterocycles.